The van der Waals surface area contributed by atoms with Gasteiger partial charge in [0.2, 0.25) is 11.0 Å². The van der Waals surface area contributed by atoms with Gasteiger partial charge in [0, 0.05) is 20.0 Å². The van der Waals surface area contributed by atoms with Gasteiger partial charge in [-0.3, -0.25) is 9.59 Å². The molecule has 24 heavy (non-hydrogen) atoms. The van der Waals surface area contributed by atoms with Gasteiger partial charge in [-0.25, -0.2) is 0 Å². The molecule has 0 fully saturated rings. The van der Waals surface area contributed by atoms with Crippen LogP contribution in [0.25, 0.3) is 0 Å². The Hall–Kier alpha value is -2.32. The van der Waals surface area contributed by atoms with Gasteiger partial charge in [0.05, 0.1) is 12.7 Å². The molecule has 7 nitrogen and oxygen atoms in total. The molecular formula is C16H19N3O4S. The third kappa shape index (κ3) is 4.84. The number of Topliss-reactive ketones (excluding diaryl/α,β-unsaturated/α-hetero) is 1. The Kier molecular flexibility index (Phi) is 6.39. The highest BCUT2D eigenvalue weighted by Crippen LogP contribution is 2.22. The summed E-state index contributed by atoms with van der Waals surface area (Å²) in [5.41, 5.74) is 1.45. The molecule has 0 aliphatic rings. The summed E-state index contributed by atoms with van der Waals surface area (Å²) in [7, 11) is 3.08. The Labute approximate surface area is 144 Å². The van der Waals surface area contributed by atoms with Gasteiger partial charge >= 0.3 is 0 Å². The maximum Gasteiger partial charge on any atom is 0.226 e. The van der Waals surface area contributed by atoms with E-state index in [1.54, 1.807) is 19.2 Å². The third-order valence-corrected chi connectivity index (χ3v) is 4.03. The van der Waals surface area contributed by atoms with Crippen LogP contribution in [0.4, 0.5) is 5.13 Å². The molecule has 2 aromatic rings. The Balaban J connectivity index is 1.91. The van der Waals surface area contributed by atoms with E-state index in [1.807, 2.05) is 13.0 Å². The second kappa shape index (κ2) is 8.51. The lowest BCUT2D eigenvalue weighted by Gasteiger charge is -2.08. The standard InChI is InChI=1S/C16H19N3O4S/c1-10-4-6-13(23-3)11(8-10)12(20)5-7-14(21)17-16-19-18-15(24-16)9-22-2/h4,6,8H,5,7,9H2,1-3H3,(H,17,19,21). The highest BCUT2D eigenvalue weighted by Gasteiger charge is 2.15. The molecule has 1 aromatic carbocycles. The quantitative estimate of drug-likeness (QED) is 0.737. The fourth-order valence-corrected chi connectivity index (χ4v) is 2.80. The lowest BCUT2D eigenvalue weighted by molar-refractivity contribution is -0.116. The van der Waals surface area contributed by atoms with Crippen molar-refractivity contribution < 1.29 is 19.1 Å². The second-order valence-electron chi connectivity index (χ2n) is 5.11. The molecule has 128 valence electrons. The Morgan fingerprint density at radius 2 is 2.00 bits per heavy atom. The number of nitrogens with zero attached hydrogens (tertiary/aromatic N) is 2. The SMILES string of the molecule is COCc1nnc(NC(=O)CCC(=O)c2cc(C)ccc2OC)s1. The summed E-state index contributed by atoms with van der Waals surface area (Å²) in [5.74, 6) is 0.0949. The summed E-state index contributed by atoms with van der Waals surface area (Å²) in [6.07, 6.45) is 0.157. The van der Waals surface area contributed by atoms with Crippen molar-refractivity contribution in [2.24, 2.45) is 0 Å². The number of benzene rings is 1. The molecule has 1 N–H and O–H groups in total. The van der Waals surface area contributed by atoms with E-state index in [2.05, 4.69) is 15.5 Å². The number of methoxy groups -OCH3 is 2. The van der Waals surface area contributed by atoms with E-state index < -0.39 is 0 Å². The largest absolute Gasteiger partial charge is 0.496 e. The van der Waals surface area contributed by atoms with Crippen LogP contribution in [0.5, 0.6) is 5.75 Å². The minimum atomic E-state index is -0.282. The number of nitrogens with one attached hydrogen (secondary N) is 1. The van der Waals surface area contributed by atoms with Crippen molar-refractivity contribution in [1.29, 1.82) is 0 Å². The second-order valence-corrected chi connectivity index (χ2v) is 6.17. The number of hydrogen-bond acceptors (Lipinski definition) is 7. The van der Waals surface area contributed by atoms with Gasteiger partial charge in [-0.05, 0) is 19.1 Å². The molecule has 2 rings (SSSR count). The van der Waals surface area contributed by atoms with Crippen LogP contribution in [0.2, 0.25) is 0 Å². The molecule has 0 radical (unpaired) electrons. The van der Waals surface area contributed by atoms with Gasteiger partial charge < -0.3 is 14.8 Å². The third-order valence-electron chi connectivity index (χ3n) is 3.22. The van der Waals surface area contributed by atoms with Crippen LogP contribution >= 0.6 is 11.3 Å². The van der Waals surface area contributed by atoms with Crippen LogP contribution in [0.15, 0.2) is 18.2 Å². The van der Waals surface area contributed by atoms with E-state index in [0.29, 0.717) is 28.1 Å². The van der Waals surface area contributed by atoms with Crippen LogP contribution in [0.3, 0.4) is 0 Å². The molecule has 0 saturated heterocycles. The van der Waals surface area contributed by atoms with Crippen LogP contribution in [-0.2, 0) is 16.1 Å². The maximum atomic E-state index is 12.3. The van der Waals surface area contributed by atoms with Gasteiger partial charge in [-0.1, -0.05) is 23.0 Å². The van der Waals surface area contributed by atoms with Crippen molar-refractivity contribution >= 4 is 28.2 Å². The number of ether oxygens (including phenoxy) is 2. The smallest absolute Gasteiger partial charge is 0.226 e. The molecule has 1 aromatic heterocycles. The molecule has 0 aliphatic heterocycles. The minimum Gasteiger partial charge on any atom is -0.496 e. The number of rotatable bonds is 8. The maximum absolute atomic E-state index is 12.3. The summed E-state index contributed by atoms with van der Waals surface area (Å²) in [6, 6.07) is 5.39. The first-order valence-electron chi connectivity index (χ1n) is 7.32. The first-order chi connectivity index (χ1) is 11.5. The average molecular weight is 349 g/mol. The number of anilines is 1. The Morgan fingerprint density at radius 3 is 2.71 bits per heavy atom. The van der Waals surface area contributed by atoms with Crippen molar-refractivity contribution in [3.63, 3.8) is 0 Å². The lowest BCUT2D eigenvalue weighted by Crippen LogP contribution is -2.13. The number of carbonyl (C=O) groups is 2. The summed E-state index contributed by atoms with van der Waals surface area (Å²) in [4.78, 5) is 24.3. The summed E-state index contributed by atoms with van der Waals surface area (Å²) in [5, 5.41) is 11.4. The fraction of sp³-hybridized carbons (Fsp3) is 0.375. The lowest BCUT2D eigenvalue weighted by atomic mass is 10.0. The molecule has 0 unspecified atom stereocenters. The van der Waals surface area contributed by atoms with Crippen molar-refractivity contribution in [3.05, 3.63) is 34.3 Å². The van der Waals surface area contributed by atoms with Gasteiger partial charge in [0.15, 0.2) is 5.78 Å². The summed E-state index contributed by atoms with van der Waals surface area (Å²) in [6.45, 7) is 2.25. The number of amides is 1. The fourth-order valence-electron chi connectivity index (χ4n) is 2.07. The highest BCUT2D eigenvalue weighted by molar-refractivity contribution is 7.15. The predicted octanol–water partition coefficient (Wildman–Crippen LogP) is 2.60. The molecule has 1 amide bonds. The molecule has 0 spiro atoms. The normalized spacial score (nSPS) is 10.5. The van der Waals surface area contributed by atoms with Gasteiger partial charge in [-0.2, -0.15) is 0 Å². The highest BCUT2D eigenvalue weighted by atomic mass is 32.1. The van der Waals surface area contributed by atoms with Gasteiger partial charge in [0.1, 0.15) is 17.4 Å². The van der Waals surface area contributed by atoms with E-state index in [9.17, 15) is 9.59 Å². The topological polar surface area (TPSA) is 90.4 Å². The van der Waals surface area contributed by atoms with Gasteiger partial charge in [-0.15, -0.1) is 10.2 Å². The predicted molar refractivity (Wildman–Crippen MR) is 90.5 cm³/mol. The van der Waals surface area contributed by atoms with Crippen LogP contribution in [0, 0.1) is 6.92 Å². The van der Waals surface area contributed by atoms with E-state index in [4.69, 9.17) is 9.47 Å². The molecule has 0 atom stereocenters. The van der Waals surface area contributed by atoms with Crippen LogP contribution in [0.1, 0.15) is 33.8 Å². The first kappa shape index (κ1) is 18.0. The number of aromatic nitrogens is 2. The van der Waals surface area contributed by atoms with E-state index in [-0.39, 0.29) is 24.5 Å². The number of carbonyl (C=O) groups excluding carboxylic acids is 2. The van der Waals surface area contributed by atoms with E-state index in [1.165, 1.54) is 18.4 Å². The molecule has 0 bridgehead atoms. The zero-order chi connectivity index (χ0) is 17.5. The molecule has 0 saturated carbocycles. The number of aryl methyl sites for hydroxylation is 1. The molecule has 0 aliphatic carbocycles. The average Bonchev–Trinajstić information content (AvgIpc) is 3.00. The zero-order valence-corrected chi connectivity index (χ0v) is 14.6. The first-order valence-corrected chi connectivity index (χ1v) is 8.14. The monoisotopic (exact) mass is 349 g/mol. The Bertz CT molecular complexity index is 730. The van der Waals surface area contributed by atoms with E-state index >= 15 is 0 Å². The minimum absolute atomic E-state index is 0.0646. The summed E-state index contributed by atoms with van der Waals surface area (Å²) < 4.78 is 10.1. The molecular weight excluding hydrogens is 330 g/mol. The number of hydrogen-bond donors (Lipinski definition) is 1. The van der Waals surface area contributed by atoms with E-state index in [0.717, 1.165) is 5.56 Å². The van der Waals surface area contributed by atoms with Gasteiger partial charge in [0.25, 0.3) is 0 Å². The Morgan fingerprint density at radius 1 is 1.21 bits per heavy atom. The number of ketones is 1. The molecule has 1 heterocycles. The van der Waals surface area contributed by atoms with Crippen LogP contribution in [-0.4, -0.2) is 36.1 Å². The zero-order valence-electron chi connectivity index (χ0n) is 13.8. The van der Waals surface area contributed by atoms with Crippen LogP contribution < -0.4 is 10.1 Å². The van der Waals surface area contributed by atoms with Crippen molar-refractivity contribution in [2.45, 2.75) is 26.4 Å². The van der Waals surface area contributed by atoms with Crippen molar-refractivity contribution in [3.8, 4) is 5.75 Å². The van der Waals surface area contributed by atoms with Crippen molar-refractivity contribution in [1.82, 2.24) is 10.2 Å². The molecule has 8 heteroatoms. The van der Waals surface area contributed by atoms with Crippen molar-refractivity contribution in [2.75, 3.05) is 19.5 Å². The summed E-state index contributed by atoms with van der Waals surface area (Å²) >= 11 is 1.24.